The van der Waals surface area contributed by atoms with Crippen LogP contribution in [0.2, 0.25) is 0 Å². The van der Waals surface area contributed by atoms with Gasteiger partial charge in [0.1, 0.15) is 11.6 Å². The number of carbonyl (C=O) groups excluding carboxylic acids is 1. The molecule has 0 aliphatic carbocycles. The zero-order chi connectivity index (χ0) is 12.8. The fourth-order valence-corrected chi connectivity index (χ4v) is 1.12. The van der Waals surface area contributed by atoms with Crippen molar-refractivity contribution in [3.8, 4) is 0 Å². The van der Waals surface area contributed by atoms with E-state index >= 15 is 0 Å². The predicted octanol–water partition coefficient (Wildman–Crippen LogP) is 2.15. The minimum absolute atomic E-state index is 0.422. The van der Waals surface area contributed by atoms with Gasteiger partial charge in [0, 0.05) is 0 Å². The van der Waals surface area contributed by atoms with Crippen LogP contribution in [0.3, 0.4) is 0 Å². The van der Waals surface area contributed by atoms with Crippen molar-refractivity contribution >= 4 is 12.1 Å². The third-order valence-corrected chi connectivity index (χ3v) is 1.84. The van der Waals surface area contributed by atoms with E-state index in [1.54, 1.807) is 20.8 Å². The molecule has 0 saturated carbocycles. The first-order chi connectivity index (χ1) is 7.26. The molecule has 0 bridgehead atoms. The number of amides is 1. The maximum Gasteiger partial charge on any atom is 0.408 e. The minimum Gasteiger partial charge on any atom is -0.480 e. The average Bonchev–Trinajstić information content (AvgIpc) is 2.08. The summed E-state index contributed by atoms with van der Waals surface area (Å²) in [6.45, 7) is 7.16. The van der Waals surface area contributed by atoms with E-state index in [1.165, 1.54) is 0 Å². The van der Waals surface area contributed by atoms with E-state index in [0.717, 1.165) is 12.8 Å². The van der Waals surface area contributed by atoms with Crippen molar-refractivity contribution in [1.82, 2.24) is 5.32 Å². The van der Waals surface area contributed by atoms with Gasteiger partial charge in [-0.1, -0.05) is 19.8 Å². The van der Waals surface area contributed by atoms with Crippen LogP contribution in [0.1, 0.15) is 47.0 Å². The highest BCUT2D eigenvalue weighted by Gasteiger charge is 2.23. The van der Waals surface area contributed by atoms with Crippen LogP contribution in [-0.4, -0.2) is 28.8 Å². The van der Waals surface area contributed by atoms with Crippen molar-refractivity contribution in [1.29, 1.82) is 0 Å². The van der Waals surface area contributed by atoms with Gasteiger partial charge in [-0.05, 0) is 27.2 Å². The fraction of sp³-hybridized carbons (Fsp3) is 0.818. The van der Waals surface area contributed by atoms with Crippen molar-refractivity contribution in [3.05, 3.63) is 0 Å². The molecule has 2 N–H and O–H groups in total. The number of unbranched alkanes of at least 4 members (excludes halogenated alkanes) is 1. The molecule has 1 atom stereocenters. The third kappa shape index (κ3) is 7.09. The Hall–Kier alpha value is -1.26. The van der Waals surface area contributed by atoms with Gasteiger partial charge in [-0.3, -0.25) is 0 Å². The van der Waals surface area contributed by atoms with E-state index in [2.05, 4.69) is 5.32 Å². The van der Waals surface area contributed by atoms with Gasteiger partial charge in [-0.15, -0.1) is 0 Å². The molecule has 0 fully saturated rings. The van der Waals surface area contributed by atoms with Crippen molar-refractivity contribution in [2.45, 2.75) is 58.6 Å². The number of carbonyl (C=O) groups is 2. The van der Waals surface area contributed by atoms with Gasteiger partial charge in [0.25, 0.3) is 0 Å². The lowest BCUT2D eigenvalue weighted by molar-refractivity contribution is -0.139. The number of carboxylic acids is 1. The molecule has 0 aromatic heterocycles. The van der Waals surface area contributed by atoms with Crippen LogP contribution in [0.4, 0.5) is 4.79 Å². The molecule has 16 heavy (non-hydrogen) atoms. The largest absolute Gasteiger partial charge is 0.480 e. The maximum atomic E-state index is 11.3. The molecule has 1 amide bonds. The van der Waals surface area contributed by atoms with Gasteiger partial charge >= 0.3 is 12.1 Å². The monoisotopic (exact) mass is 231 g/mol. The predicted molar refractivity (Wildman–Crippen MR) is 60.3 cm³/mol. The van der Waals surface area contributed by atoms with E-state index in [1.807, 2.05) is 6.92 Å². The summed E-state index contributed by atoms with van der Waals surface area (Å²) in [4.78, 5) is 22.2. The highest BCUT2D eigenvalue weighted by Crippen LogP contribution is 2.08. The van der Waals surface area contributed by atoms with Gasteiger partial charge in [-0.25, -0.2) is 9.59 Å². The smallest absolute Gasteiger partial charge is 0.408 e. The first-order valence-corrected chi connectivity index (χ1v) is 5.48. The number of rotatable bonds is 5. The van der Waals surface area contributed by atoms with Crippen LogP contribution in [-0.2, 0) is 9.53 Å². The summed E-state index contributed by atoms with van der Waals surface area (Å²) in [5.41, 5.74) is -0.613. The van der Waals surface area contributed by atoms with Crippen molar-refractivity contribution in [2.24, 2.45) is 0 Å². The van der Waals surface area contributed by atoms with Crippen LogP contribution in [0.15, 0.2) is 0 Å². The van der Waals surface area contributed by atoms with E-state index in [4.69, 9.17) is 9.84 Å². The Labute approximate surface area is 96.2 Å². The Morgan fingerprint density at radius 2 is 1.94 bits per heavy atom. The van der Waals surface area contributed by atoms with Crippen molar-refractivity contribution < 1.29 is 19.4 Å². The quantitative estimate of drug-likeness (QED) is 0.760. The Kier molecular flexibility index (Phi) is 5.85. The number of alkyl carbamates (subject to hydrolysis) is 1. The molecule has 0 aliphatic heterocycles. The summed E-state index contributed by atoms with van der Waals surface area (Å²) in [7, 11) is 0. The molecule has 0 spiro atoms. The summed E-state index contributed by atoms with van der Waals surface area (Å²) >= 11 is 0. The lowest BCUT2D eigenvalue weighted by Crippen LogP contribution is -2.43. The van der Waals surface area contributed by atoms with Crippen LogP contribution >= 0.6 is 0 Å². The highest BCUT2D eigenvalue weighted by atomic mass is 16.6. The first kappa shape index (κ1) is 14.7. The summed E-state index contributed by atoms with van der Waals surface area (Å²) < 4.78 is 4.98. The summed E-state index contributed by atoms with van der Waals surface area (Å²) in [6, 6.07) is -0.866. The van der Waals surface area contributed by atoms with Crippen LogP contribution in [0.25, 0.3) is 0 Å². The number of nitrogens with one attached hydrogen (secondary N) is 1. The molecular weight excluding hydrogens is 210 g/mol. The van der Waals surface area contributed by atoms with E-state index < -0.39 is 23.7 Å². The SMILES string of the molecule is CCCC[C@@H](NC(=O)OC(C)(C)C)C(=O)O. The molecule has 0 aliphatic rings. The second-order valence-electron chi connectivity index (χ2n) is 4.68. The van der Waals surface area contributed by atoms with Gasteiger partial charge < -0.3 is 15.2 Å². The number of aliphatic carboxylic acids is 1. The van der Waals surface area contributed by atoms with Gasteiger partial charge in [-0.2, -0.15) is 0 Å². The van der Waals surface area contributed by atoms with Crippen LogP contribution in [0, 0.1) is 0 Å². The molecule has 5 heteroatoms. The summed E-state index contributed by atoms with van der Waals surface area (Å²) in [5.74, 6) is -1.03. The molecular formula is C11H21NO4. The Balaban J connectivity index is 4.19. The zero-order valence-electron chi connectivity index (χ0n) is 10.4. The second-order valence-corrected chi connectivity index (χ2v) is 4.68. The molecule has 0 heterocycles. The Morgan fingerprint density at radius 3 is 2.31 bits per heavy atom. The fourth-order valence-electron chi connectivity index (χ4n) is 1.12. The Bertz CT molecular complexity index is 245. The van der Waals surface area contributed by atoms with E-state index in [9.17, 15) is 9.59 Å². The molecule has 0 unspecified atom stereocenters. The minimum atomic E-state index is -1.03. The molecule has 5 nitrogen and oxygen atoms in total. The lowest BCUT2D eigenvalue weighted by Gasteiger charge is -2.21. The molecule has 0 aromatic carbocycles. The van der Waals surface area contributed by atoms with E-state index in [0.29, 0.717) is 6.42 Å². The molecule has 0 saturated heterocycles. The second kappa shape index (κ2) is 6.35. The van der Waals surface area contributed by atoms with Crippen LogP contribution in [0.5, 0.6) is 0 Å². The molecule has 0 rings (SSSR count). The first-order valence-electron chi connectivity index (χ1n) is 5.48. The van der Waals surface area contributed by atoms with Crippen molar-refractivity contribution in [3.63, 3.8) is 0 Å². The topological polar surface area (TPSA) is 75.6 Å². The van der Waals surface area contributed by atoms with Gasteiger partial charge in [0.05, 0.1) is 0 Å². The Morgan fingerprint density at radius 1 is 1.38 bits per heavy atom. The third-order valence-electron chi connectivity index (χ3n) is 1.84. The number of carboxylic acid groups (broad SMARTS) is 1. The highest BCUT2D eigenvalue weighted by molar-refractivity contribution is 5.79. The molecule has 94 valence electrons. The van der Waals surface area contributed by atoms with Crippen molar-refractivity contribution in [2.75, 3.05) is 0 Å². The summed E-state index contributed by atoms with van der Waals surface area (Å²) in [5, 5.41) is 11.2. The lowest BCUT2D eigenvalue weighted by atomic mass is 10.1. The number of hydrogen-bond acceptors (Lipinski definition) is 3. The molecule has 0 aromatic rings. The van der Waals surface area contributed by atoms with E-state index in [-0.39, 0.29) is 0 Å². The van der Waals surface area contributed by atoms with Gasteiger partial charge in [0.15, 0.2) is 0 Å². The van der Waals surface area contributed by atoms with Gasteiger partial charge in [0.2, 0.25) is 0 Å². The summed E-state index contributed by atoms with van der Waals surface area (Å²) in [6.07, 6.45) is 1.38. The normalized spacial score (nSPS) is 13.0. The standard InChI is InChI=1S/C11H21NO4/c1-5-6-7-8(9(13)14)12-10(15)16-11(2,3)4/h8H,5-7H2,1-4H3,(H,12,15)(H,13,14)/t8-/m1/s1. The maximum absolute atomic E-state index is 11.3. The number of ether oxygens (including phenoxy) is 1. The average molecular weight is 231 g/mol. The molecule has 0 radical (unpaired) electrons. The van der Waals surface area contributed by atoms with Crippen LogP contribution < -0.4 is 5.32 Å². The zero-order valence-corrected chi connectivity index (χ0v) is 10.4. The number of hydrogen-bond donors (Lipinski definition) is 2.